The van der Waals surface area contributed by atoms with Crippen LogP contribution in [0, 0.1) is 19.8 Å². The van der Waals surface area contributed by atoms with Crippen LogP contribution in [0.2, 0.25) is 0 Å². The number of nitrogens with zero attached hydrogens (tertiary/aromatic N) is 3. The lowest BCUT2D eigenvalue weighted by atomic mass is 10.0. The van der Waals surface area contributed by atoms with Gasteiger partial charge in [0.1, 0.15) is 5.82 Å². The first-order chi connectivity index (χ1) is 8.99. The number of rotatable bonds is 3. The normalized spacial score (nSPS) is 17.2. The molecule has 4 nitrogen and oxygen atoms in total. The van der Waals surface area contributed by atoms with Gasteiger partial charge in [0.15, 0.2) is 0 Å². The average Bonchev–Trinajstić information content (AvgIpc) is 2.68. The Morgan fingerprint density at radius 1 is 1.37 bits per heavy atom. The van der Waals surface area contributed by atoms with E-state index in [1.165, 1.54) is 5.69 Å². The number of carbonyl (C=O) groups excluding carboxylic acids is 1. The first-order valence-corrected chi connectivity index (χ1v) is 7.27. The zero-order valence-corrected chi connectivity index (χ0v) is 12.5. The Morgan fingerprint density at radius 3 is 2.47 bits per heavy atom. The van der Waals surface area contributed by atoms with Crippen molar-refractivity contribution in [2.45, 2.75) is 53.0 Å². The summed E-state index contributed by atoms with van der Waals surface area (Å²) in [6.07, 6.45) is 4.70. The van der Waals surface area contributed by atoms with Crippen LogP contribution >= 0.6 is 0 Å². The van der Waals surface area contributed by atoms with Crippen LogP contribution in [0.3, 0.4) is 0 Å². The lowest BCUT2D eigenvalue weighted by Gasteiger charge is -2.34. The lowest BCUT2D eigenvalue weighted by molar-refractivity contribution is -0.133. The van der Waals surface area contributed by atoms with Gasteiger partial charge >= 0.3 is 0 Å². The number of hydrogen-bond donors (Lipinski definition) is 0. The molecule has 2 rings (SSSR count). The third-order valence-corrected chi connectivity index (χ3v) is 3.93. The van der Waals surface area contributed by atoms with Gasteiger partial charge in [-0.3, -0.25) is 4.79 Å². The topological polar surface area (TPSA) is 38.1 Å². The number of aryl methyl sites for hydroxylation is 2. The number of amides is 1. The quantitative estimate of drug-likeness (QED) is 0.841. The van der Waals surface area contributed by atoms with Gasteiger partial charge < -0.3 is 9.47 Å². The fourth-order valence-electron chi connectivity index (χ4n) is 2.97. The molecule has 1 amide bonds. The minimum absolute atomic E-state index is 0.313. The number of piperidine rings is 1. The van der Waals surface area contributed by atoms with E-state index < -0.39 is 0 Å². The minimum atomic E-state index is 0.313. The van der Waals surface area contributed by atoms with E-state index in [9.17, 15) is 4.79 Å². The molecule has 1 aliphatic rings. The van der Waals surface area contributed by atoms with E-state index in [1.807, 2.05) is 11.1 Å². The molecule has 0 aliphatic carbocycles. The molecule has 0 saturated carbocycles. The maximum Gasteiger partial charge on any atom is 0.222 e. The van der Waals surface area contributed by atoms with E-state index >= 15 is 0 Å². The average molecular weight is 263 g/mol. The molecule has 19 heavy (non-hydrogen) atoms. The van der Waals surface area contributed by atoms with Gasteiger partial charge in [-0.05, 0) is 32.6 Å². The molecule has 0 unspecified atom stereocenters. The third-order valence-electron chi connectivity index (χ3n) is 3.93. The van der Waals surface area contributed by atoms with E-state index in [2.05, 4.69) is 37.2 Å². The van der Waals surface area contributed by atoms with E-state index in [0.29, 0.717) is 24.3 Å². The van der Waals surface area contributed by atoms with Gasteiger partial charge in [-0.25, -0.2) is 4.98 Å². The van der Waals surface area contributed by atoms with Crippen molar-refractivity contribution in [3.8, 4) is 0 Å². The molecule has 0 atom stereocenters. The van der Waals surface area contributed by atoms with Crippen molar-refractivity contribution in [1.82, 2.24) is 14.5 Å². The maximum atomic E-state index is 12.0. The summed E-state index contributed by atoms with van der Waals surface area (Å²) >= 11 is 0. The standard InChI is InChI=1S/C15H25N3O/c1-11(2)9-15(19)17-7-5-14(6-8-17)18-12(3)10-16-13(18)4/h10-11,14H,5-9H2,1-4H3. The molecular weight excluding hydrogens is 238 g/mol. The molecule has 1 aliphatic heterocycles. The molecule has 106 valence electrons. The number of likely N-dealkylation sites (tertiary alicyclic amines) is 1. The molecule has 0 aromatic carbocycles. The highest BCUT2D eigenvalue weighted by Crippen LogP contribution is 2.26. The molecule has 1 aromatic rings. The molecular formula is C15H25N3O. The molecule has 4 heteroatoms. The second-order valence-electron chi connectivity index (χ2n) is 6.03. The molecule has 1 fully saturated rings. The minimum Gasteiger partial charge on any atom is -0.343 e. The number of aromatic nitrogens is 2. The van der Waals surface area contributed by atoms with Crippen molar-refractivity contribution in [3.63, 3.8) is 0 Å². The first-order valence-electron chi connectivity index (χ1n) is 7.27. The highest BCUT2D eigenvalue weighted by Gasteiger charge is 2.25. The SMILES string of the molecule is Cc1cnc(C)n1C1CCN(C(=O)CC(C)C)CC1. The number of carbonyl (C=O) groups is 1. The van der Waals surface area contributed by atoms with Crippen molar-refractivity contribution >= 4 is 5.91 Å². The Bertz CT molecular complexity index is 423. The predicted octanol–water partition coefficient (Wildman–Crippen LogP) is 2.71. The Kier molecular flexibility index (Phi) is 4.27. The van der Waals surface area contributed by atoms with E-state index in [4.69, 9.17) is 0 Å². The van der Waals surface area contributed by atoms with Crippen LogP contribution in [0.4, 0.5) is 0 Å². The van der Waals surface area contributed by atoms with Crippen LogP contribution in [0.5, 0.6) is 0 Å². The van der Waals surface area contributed by atoms with E-state index in [1.54, 1.807) is 0 Å². The fourth-order valence-corrected chi connectivity index (χ4v) is 2.97. The molecule has 0 spiro atoms. The Morgan fingerprint density at radius 2 is 2.00 bits per heavy atom. The van der Waals surface area contributed by atoms with Crippen LogP contribution in [0.1, 0.15) is 50.7 Å². The monoisotopic (exact) mass is 263 g/mol. The van der Waals surface area contributed by atoms with Gasteiger partial charge in [0.05, 0.1) is 0 Å². The van der Waals surface area contributed by atoms with Crippen molar-refractivity contribution in [1.29, 1.82) is 0 Å². The summed E-state index contributed by atoms with van der Waals surface area (Å²) in [6, 6.07) is 0.505. The second-order valence-corrected chi connectivity index (χ2v) is 6.03. The zero-order chi connectivity index (χ0) is 14.0. The van der Waals surface area contributed by atoms with Crippen molar-refractivity contribution < 1.29 is 4.79 Å². The largest absolute Gasteiger partial charge is 0.343 e. The van der Waals surface area contributed by atoms with E-state index in [-0.39, 0.29) is 0 Å². The molecule has 0 radical (unpaired) electrons. The summed E-state index contributed by atoms with van der Waals surface area (Å²) in [7, 11) is 0. The summed E-state index contributed by atoms with van der Waals surface area (Å²) in [5.41, 5.74) is 1.23. The van der Waals surface area contributed by atoms with Crippen molar-refractivity contribution in [2.24, 2.45) is 5.92 Å². The van der Waals surface area contributed by atoms with Crippen molar-refractivity contribution in [2.75, 3.05) is 13.1 Å². The Labute approximate surface area is 115 Å². The van der Waals surface area contributed by atoms with Crippen molar-refractivity contribution in [3.05, 3.63) is 17.7 Å². The molecule has 0 bridgehead atoms. The summed E-state index contributed by atoms with van der Waals surface area (Å²) in [5.74, 6) is 1.85. The van der Waals surface area contributed by atoms with Gasteiger partial charge in [0.2, 0.25) is 5.91 Å². The van der Waals surface area contributed by atoms with Crippen LogP contribution < -0.4 is 0 Å². The van der Waals surface area contributed by atoms with Crippen LogP contribution in [-0.2, 0) is 4.79 Å². The lowest BCUT2D eigenvalue weighted by Crippen LogP contribution is -2.39. The third kappa shape index (κ3) is 3.17. The highest BCUT2D eigenvalue weighted by molar-refractivity contribution is 5.76. The number of hydrogen-bond acceptors (Lipinski definition) is 2. The molecule has 2 heterocycles. The summed E-state index contributed by atoms with van der Waals surface area (Å²) in [6.45, 7) is 10.1. The first kappa shape index (κ1) is 14.1. The van der Waals surface area contributed by atoms with Gasteiger partial charge in [0.25, 0.3) is 0 Å². The van der Waals surface area contributed by atoms with Gasteiger partial charge in [0, 0.05) is 37.4 Å². The highest BCUT2D eigenvalue weighted by atomic mass is 16.2. The maximum absolute atomic E-state index is 12.0. The number of imidazole rings is 1. The van der Waals surface area contributed by atoms with E-state index in [0.717, 1.165) is 31.8 Å². The van der Waals surface area contributed by atoms with Gasteiger partial charge in [-0.2, -0.15) is 0 Å². The van der Waals surface area contributed by atoms with Gasteiger partial charge in [-0.15, -0.1) is 0 Å². The molecule has 1 aromatic heterocycles. The Hall–Kier alpha value is -1.32. The van der Waals surface area contributed by atoms with Crippen LogP contribution in [0.25, 0.3) is 0 Å². The Balaban J connectivity index is 1.94. The summed E-state index contributed by atoms with van der Waals surface area (Å²) in [5, 5.41) is 0. The van der Waals surface area contributed by atoms with Gasteiger partial charge in [-0.1, -0.05) is 13.8 Å². The van der Waals surface area contributed by atoms with Crippen LogP contribution in [-0.4, -0.2) is 33.4 Å². The molecule has 0 N–H and O–H groups in total. The fraction of sp³-hybridized carbons (Fsp3) is 0.733. The van der Waals surface area contributed by atoms with Crippen LogP contribution in [0.15, 0.2) is 6.20 Å². The zero-order valence-electron chi connectivity index (χ0n) is 12.5. The summed E-state index contributed by atoms with van der Waals surface area (Å²) < 4.78 is 2.32. The second kappa shape index (κ2) is 5.76. The summed E-state index contributed by atoms with van der Waals surface area (Å²) in [4.78, 5) is 18.4. The predicted molar refractivity (Wildman–Crippen MR) is 76.0 cm³/mol. The molecule has 1 saturated heterocycles. The smallest absolute Gasteiger partial charge is 0.222 e.